The van der Waals surface area contributed by atoms with Crippen molar-refractivity contribution in [3.8, 4) is 17.0 Å². The number of hydrogen-bond donors (Lipinski definition) is 3. The zero-order valence-electron chi connectivity index (χ0n) is 24.4. The second-order valence-electron chi connectivity index (χ2n) is 10.9. The highest BCUT2D eigenvalue weighted by Crippen LogP contribution is 2.40. The van der Waals surface area contributed by atoms with Crippen LogP contribution in [0.5, 0.6) is 5.75 Å². The molecule has 0 radical (unpaired) electrons. The third-order valence-electron chi connectivity index (χ3n) is 8.11. The fourth-order valence-electron chi connectivity index (χ4n) is 5.86. The minimum Gasteiger partial charge on any atom is -0.494 e. The number of nitrogens with one attached hydrogen (secondary N) is 3. The highest BCUT2D eigenvalue weighted by Gasteiger charge is 2.25. The van der Waals surface area contributed by atoms with Gasteiger partial charge in [0.2, 0.25) is 11.9 Å². The van der Waals surface area contributed by atoms with E-state index < -0.39 is 0 Å². The molecule has 0 bridgehead atoms. The summed E-state index contributed by atoms with van der Waals surface area (Å²) < 4.78 is 7.95. The highest BCUT2D eigenvalue weighted by molar-refractivity contribution is 6.04. The molecule has 0 saturated carbocycles. The lowest BCUT2D eigenvalue weighted by Gasteiger charge is -2.37. The number of nitrogens with zero attached hydrogens (tertiary/aromatic N) is 5. The molecule has 10 nitrogen and oxygen atoms in total. The highest BCUT2D eigenvalue weighted by atomic mass is 16.5. The lowest BCUT2D eigenvalue weighted by molar-refractivity contribution is -0.111. The average Bonchev–Trinajstić information content (AvgIpc) is 3.61. The van der Waals surface area contributed by atoms with Crippen molar-refractivity contribution >= 4 is 50.9 Å². The van der Waals surface area contributed by atoms with Gasteiger partial charge < -0.3 is 34.7 Å². The van der Waals surface area contributed by atoms with Gasteiger partial charge in [-0.05, 0) is 51.2 Å². The quantitative estimate of drug-likeness (QED) is 0.213. The number of anilines is 4. The van der Waals surface area contributed by atoms with Crippen molar-refractivity contribution in [1.82, 2.24) is 24.4 Å². The number of aryl methyl sites for hydroxylation is 1. The van der Waals surface area contributed by atoms with Crippen LogP contribution in [0, 0.1) is 0 Å². The summed E-state index contributed by atoms with van der Waals surface area (Å²) in [5.74, 6) is 0.753. The molecule has 1 saturated heterocycles. The van der Waals surface area contributed by atoms with Crippen LogP contribution in [-0.4, -0.2) is 70.7 Å². The number of benzene rings is 2. The first-order chi connectivity index (χ1) is 20.4. The van der Waals surface area contributed by atoms with Crippen molar-refractivity contribution < 1.29 is 9.53 Å². The smallest absolute Gasteiger partial charge is 0.247 e. The van der Waals surface area contributed by atoms with Gasteiger partial charge in [0.15, 0.2) is 0 Å². The van der Waals surface area contributed by atoms with Crippen LogP contribution in [0.1, 0.15) is 12.8 Å². The zero-order chi connectivity index (χ0) is 29.4. The zero-order valence-corrected chi connectivity index (χ0v) is 24.4. The van der Waals surface area contributed by atoms with Crippen LogP contribution in [-0.2, 0) is 11.8 Å². The number of carbonyl (C=O) groups is 1. The first-order valence-corrected chi connectivity index (χ1v) is 14.1. The van der Waals surface area contributed by atoms with Crippen molar-refractivity contribution in [3.05, 3.63) is 67.5 Å². The van der Waals surface area contributed by atoms with Gasteiger partial charge in [-0.2, -0.15) is 4.98 Å². The molecule has 3 N–H and O–H groups in total. The van der Waals surface area contributed by atoms with Gasteiger partial charge in [0, 0.05) is 66.5 Å². The van der Waals surface area contributed by atoms with E-state index in [0.29, 0.717) is 29.1 Å². The van der Waals surface area contributed by atoms with E-state index in [1.807, 2.05) is 43.6 Å². The van der Waals surface area contributed by atoms with Gasteiger partial charge in [-0.3, -0.25) is 4.79 Å². The summed E-state index contributed by atoms with van der Waals surface area (Å²) >= 11 is 0. The molecule has 6 rings (SSSR count). The van der Waals surface area contributed by atoms with Crippen LogP contribution in [0.2, 0.25) is 0 Å². The van der Waals surface area contributed by atoms with Gasteiger partial charge in [-0.15, -0.1) is 0 Å². The number of rotatable bonds is 8. The van der Waals surface area contributed by atoms with Gasteiger partial charge >= 0.3 is 0 Å². The van der Waals surface area contributed by atoms with Crippen molar-refractivity contribution in [3.63, 3.8) is 0 Å². The van der Waals surface area contributed by atoms with Gasteiger partial charge in [-0.25, -0.2) is 4.98 Å². The number of piperidine rings is 1. The fraction of sp³-hybridized carbons (Fsp3) is 0.281. The standard InChI is InChI=1S/C32H36N8O2/c1-6-29(41)34-24-17-25(28(42-5)18-27(24)40-15-12-20(13-16-40)38(2)3)35-32-36-30(22-11-14-33-31(22)37-32)23-19-39(4)26-10-8-7-9-21(23)26/h6-11,14,17-20H,1,12-13,15-16H2,2-5H3,(H,34,41)(H2,33,35,36,37). The molecule has 1 aliphatic heterocycles. The molecule has 216 valence electrons. The Morgan fingerprint density at radius 1 is 1.12 bits per heavy atom. The molecule has 3 aromatic heterocycles. The van der Waals surface area contributed by atoms with Crippen molar-refractivity contribution in [2.75, 3.05) is 49.8 Å². The van der Waals surface area contributed by atoms with E-state index in [-0.39, 0.29) is 5.91 Å². The van der Waals surface area contributed by atoms with E-state index in [9.17, 15) is 4.79 Å². The van der Waals surface area contributed by atoms with Crippen LogP contribution in [0.4, 0.5) is 23.0 Å². The summed E-state index contributed by atoms with van der Waals surface area (Å²) in [7, 11) is 7.92. The molecule has 4 heterocycles. The monoisotopic (exact) mass is 564 g/mol. The largest absolute Gasteiger partial charge is 0.494 e. The SMILES string of the molecule is C=CC(=O)Nc1cc(Nc2nc(-c3cn(C)c4ccccc34)c3cc[nH]c3n2)c(OC)cc1N1CCC(N(C)C)CC1. The van der Waals surface area contributed by atoms with Gasteiger partial charge in [0.05, 0.1) is 29.9 Å². The molecule has 0 unspecified atom stereocenters. The number of amides is 1. The summed E-state index contributed by atoms with van der Waals surface area (Å²) in [6.45, 7) is 5.38. The van der Waals surface area contributed by atoms with E-state index >= 15 is 0 Å². The molecule has 2 aromatic carbocycles. The summed E-state index contributed by atoms with van der Waals surface area (Å²) in [5.41, 5.74) is 5.89. The number of ether oxygens (including phenoxy) is 1. The molecule has 0 spiro atoms. The predicted molar refractivity (Wildman–Crippen MR) is 170 cm³/mol. The molecule has 1 aliphatic rings. The van der Waals surface area contributed by atoms with E-state index in [1.54, 1.807) is 7.11 Å². The van der Waals surface area contributed by atoms with Crippen LogP contribution < -0.4 is 20.3 Å². The number of aromatic nitrogens is 4. The third kappa shape index (κ3) is 5.05. The summed E-state index contributed by atoms with van der Waals surface area (Å²) in [6, 6.07) is 14.7. The Balaban J connectivity index is 1.41. The van der Waals surface area contributed by atoms with Gasteiger partial charge in [0.25, 0.3) is 0 Å². The third-order valence-corrected chi connectivity index (χ3v) is 8.11. The molecule has 10 heteroatoms. The van der Waals surface area contributed by atoms with Crippen LogP contribution in [0.25, 0.3) is 33.2 Å². The van der Waals surface area contributed by atoms with Crippen LogP contribution in [0.3, 0.4) is 0 Å². The number of carbonyl (C=O) groups excluding carboxylic acids is 1. The Kier molecular flexibility index (Phi) is 7.30. The Morgan fingerprint density at radius 3 is 2.64 bits per heavy atom. The van der Waals surface area contributed by atoms with Crippen molar-refractivity contribution in [2.24, 2.45) is 7.05 Å². The Bertz CT molecular complexity index is 1780. The van der Waals surface area contributed by atoms with E-state index in [4.69, 9.17) is 14.7 Å². The van der Waals surface area contributed by atoms with Crippen LogP contribution >= 0.6 is 0 Å². The van der Waals surface area contributed by atoms with Crippen LogP contribution in [0.15, 0.2) is 67.5 Å². The van der Waals surface area contributed by atoms with Gasteiger partial charge in [0.1, 0.15) is 11.4 Å². The molecule has 5 aromatic rings. The lowest BCUT2D eigenvalue weighted by Crippen LogP contribution is -2.42. The Labute approximate surface area is 245 Å². The first-order valence-electron chi connectivity index (χ1n) is 14.1. The molecule has 1 amide bonds. The topological polar surface area (TPSA) is 103 Å². The molecule has 42 heavy (non-hydrogen) atoms. The van der Waals surface area contributed by atoms with E-state index in [1.165, 1.54) is 6.08 Å². The lowest BCUT2D eigenvalue weighted by atomic mass is 10.0. The molecule has 1 fully saturated rings. The normalized spacial score (nSPS) is 14.1. The molecule has 0 atom stereocenters. The molecule has 0 aliphatic carbocycles. The van der Waals surface area contributed by atoms with E-state index in [2.05, 4.69) is 69.0 Å². The second kappa shape index (κ2) is 11.2. The van der Waals surface area contributed by atoms with Crippen molar-refractivity contribution in [1.29, 1.82) is 0 Å². The Hall–Kier alpha value is -4.83. The Morgan fingerprint density at radius 2 is 1.90 bits per heavy atom. The first kappa shape index (κ1) is 27.3. The minimum absolute atomic E-state index is 0.280. The number of aromatic amines is 1. The second-order valence-corrected chi connectivity index (χ2v) is 10.9. The van der Waals surface area contributed by atoms with Gasteiger partial charge in [-0.1, -0.05) is 24.8 Å². The number of methoxy groups -OCH3 is 1. The number of para-hydroxylation sites is 1. The summed E-state index contributed by atoms with van der Waals surface area (Å²) in [5, 5.41) is 8.42. The minimum atomic E-state index is -0.280. The summed E-state index contributed by atoms with van der Waals surface area (Å²) in [6.07, 6.45) is 7.31. The fourth-order valence-corrected chi connectivity index (χ4v) is 5.86. The molecular weight excluding hydrogens is 528 g/mol. The summed E-state index contributed by atoms with van der Waals surface area (Å²) in [4.78, 5) is 30.0. The maximum atomic E-state index is 12.5. The average molecular weight is 565 g/mol. The van der Waals surface area contributed by atoms with E-state index in [0.717, 1.165) is 64.8 Å². The maximum Gasteiger partial charge on any atom is 0.247 e. The molecular formula is C32H36N8O2. The predicted octanol–water partition coefficient (Wildman–Crippen LogP) is 5.52. The van der Waals surface area contributed by atoms with Crippen molar-refractivity contribution in [2.45, 2.75) is 18.9 Å². The maximum absolute atomic E-state index is 12.5. The number of hydrogen-bond acceptors (Lipinski definition) is 7. The number of fused-ring (bicyclic) bond motifs is 2. The number of H-pyrrole nitrogens is 1.